The summed E-state index contributed by atoms with van der Waals surface area (Å²) in [7, 11) is 1.64. The van der Waals surface area contributed by atoms with Gasteiger partial charge in [-0.1, -0.05) is 12.1 Å². The van der Waals surface area contributed by atoms with E-state index in [1.54, 1.807) is 7.11 Å². The van der Waals surface area contributed by atoms with Crippen molar-refractivity contribution in [2.75, 3.05) is 7.11 Å². The Kier molecular flexibility index (Phi) is 5.08. The lowest BCUT2D eigenvalue weighted by Gasteiger charge is -2.23. The van der Waals surface area contributed by atoms with Crippen molar-refractivity contribution >= 4 is 17.7 Å². The molecule has 0 aliphatic rings. The van der Waals surface area contributed by atoms with Crippen LogP contribution in [-0.2, 0) is 4.79 Å². The smallest absolute Gasteiger partial charge is 0.233 e. The van der Waals surface area contributed by atoms with E-state index in [2.05, 4.69) is 5.32 Å². The first-order chi connectivity index (χ1) is 8.33. The molecule has 1 amide bonds. The highest BCUT2D eigenvalue weighted by Crippen LogP contribution is 2.31. The average Bonchev–Trinajstić information content (AvgIpc) is 2.27. The Labute approximate surface area is 113 Å². The van der Waals surface area contributed by atoms with Crippen LogP contribution in [0.5, 0.6) is 5.75 Å². The largest absolute Gasteiger partial charge is 0.496 e. The second-order valence-electron chi connectivity index (χ2n) is 5.15. The predicted molar refractivity (Wildman–Crippen MR) is 76.2 cm³/mol. The predicted octanol–water partition coefficient (Wildman–Crippen LogP) is 3.09. The fourth-order valence-electron chi connectivity index (χ4n) is 1.43. The lowest BCUT2D eigenvalue weighted by atomic mass is 10.1. The number of methoxy groups -OCH3 is 1. The molecule has 4 heteroatoms. The molecule has 100 valence electrons. The van der Waals surface area contributed by atoms with Gasteiger partial charge in [-0.3, -0.25) is 4.79 Å². The Morgan fingerprint density at radius 3 is 2.50 bits per heavy atom. The Bertz CT molecular complexity index is 413. The highest BCUT2D eigenvalue weighted by molar-refractivity contribution is 8.00. The SMILES string of the molecule is COc1ccccc1S[C@@H](C)C(=O)NC(C)(C)C. The minimum atomic E-state index is -0.202. The monoisotopic (exact) mass is 267 g/mol. The number of carbonyl (C=O) groups is 1. The maximum atomic E-state index is 12.0. The van der Waals surface area contributed by atoms with Crippen molar-refractivity contribution in [1.29, 1.82) is 0 Å². The van der Waals surface area contributed by atoms with Crippen molar-refractivity contribution in [3.8, 4) is 5.75 Å². The lowest BCUT2D eigenvalue weighted by Crippen LogP contribution is -2.44. The molecule has 0 unspecified atom stereocenters. The quantitative estimate of drug-likeness (QED) is 0.852. The van der Waals surface area contributed by atoms with Crippen LogP contribution in [0.15, 0.2) is 29.2 Å². The maximum Gasteiger partial charge on any atom is 0.233 e. The summed E-state index contributed by atoms with van der Waals surface area (Å²) < 4.78 is 5.27. The molecule has 0 aliphatic carbocycles. The molecular formula is C14H21NO2S. The topological polar surface area (TPSA) is 38.3 Å². The molecule has 0 saturated carbocycles. The molecule has 0 saturated heterocycles. The molecule has 1 aromatic rings. The van der Waals surface area contributed by atoms with Crippen LogP contribution in [0.2, 0.25) is 0 Å². The van der Waals surface area contributed by atoms with E-state index < -0.39 is 0 Å². The van der Waals surface area contributed by atoms with Gasteiger partial charge in [0, 0.05) is 5.54 Å². The number of carbonyl (C=O) groups excluding carboxylic acids is 1. The summed E-state index contributed by atoms with van der Waals surface area (Å²) in [5, 5.41) is 2.82. The summed E-state index contributed by atoms with van der Waals surface area (Å²) in [4.78, 5) is 13.0. The lowest BCUT2D eigenvalue weighted by molar-refractivity contribution is -0.121. The molecule has 1 N–H and O–H groups in total. The Hall–Kier alpha value is -1.16. The van der Waals surface area contributed by atoms with Crippen LogP contribution < -0.4 is 10.1 Å². The Balaban J connectivity index is 2.69. The third-order valence-corrected chi connectivity index (χ3v) is 3.40. The average molecular weight is 267 g/mol. The van der Waals surface area contributed by atoms with Crippen molar-refractivity contribution < 1.29 is 9.53 Å². The fraction of sp³-hybridized carbons (Fsp3) is 0.500. The standard InChI is InChI=1S/C14H21NO2S/c1-10(13(16)15-14(2,3)4)18-12-9-7-6-8-11(12)17-5/h6-10H,1-5H3,(H,15,16)/t10-/m0/s1. The van der Waals surface area contributed by atoms with E-state index in [4.69, 9.17) is 4.74 Å². The summed E-state index contributed by atoms with van der Waals surface area (Å²) in [5.74, 6) is 0.844. The molecule has 18 heavy (non-hydrogen) atoms. The third kappa shape index (κ3) is 4.61. The van der Waals surface area contributed by atoms with Crippen LogP contribution in [0.3, 0.4) is 0 Å². The van der Waals surface area contributed by atoms with Gasteiger partial charge in [0.15, 0.2) is 0 Å². The fourth-order valence-corrected chi connectivity index (χ4v) is 2.40. The molecule has 0 spiro atoms. The number of hydrogen-bond donors (Lipinski definition) is 1. The van der Waals surface area contributed by atoms with E-state index in [-0.39, 0.29) is 16.7 Å². The zero-order valence-corrected chi connectivity index (χ0v) is 12.4. The van der Waals surface area contributed by atoms with Gasteiger partial charge in [-0.05, 0) is 39.8 Å². The zero-order chi connectivity index (χ0) is 13.8. The molecular weight excluding hydrogens is 246 g/mol. The van der Waals surface area contributed by atoms with Crippen molar-refractivity contribution in [3.63, 3.8) is 0 Å². The number of ether oxygens (including phenoxy) is 1. The summed E-state index contributed by atoms with van der Waals surface area (Å²) >= 11 is 1.51. The molecule has 0 aliphatic heterocycles. The van der Waals surface area contributed by atoms with E-state index in [9.17, 15) is 4.79 Å². The molecule has 0 bridgehead atoms. The number of nitrogens with one attached hydrogen (secondary N) is 1. The molecule has 3 nitrogen and oxygen atoms in total. The normalized spacial score (nSPS) is 12.9. The number of amides is 1. The first kappa shape index (κ1) is 14.9. The van der Waals surface area contributed by atoms with Crippen molar-refractivity contribution in [2.24, 2.45) is 0 Å². The van der Waals surface area contributed by atoms with Gasteiger partial charge in [-0.2, -0.15) is 0 Å². The highest BCUT2D eigenvalue weighted by Gasteiger charge is 2.20. The van der Waals surface area contributed by atoms with Crippen molar-refractivity contribution in [1.82, 2.24) is 5.32 Å². The first-order valence-electron chi connectivity index (χ1n) is 5.95. The number of hydrogen-bond acceptors (Lipinski definition) is 3. The van der Waals surface area contributed by atoms with E-state index in [1.807, 2.05) is 52.0 Å². The Morgan fingerprint density at radius 2 is 1.94 bits per heavy atom. The summed E-state index contributed by atoms with van der Waals surface area (Å²) in [5.41, 5.74) is -0.202. The van der Waals surface area contributed by atoms with Crippen LogP contribution in [-0.4, -0.2) is 23.8 Å². The van der Waals surface area contributed by atoms with Crippen LogP contribution in [0.25, 0.3) is 0 Å². The van der Waals surface area contributed by atoms with Gasteiger partial charge >= 0.3 is 0 Å². The van der Waals surface area contributed by atoms with Gasteiger partial charge in [-0.25, -0.2) is 0 Å². The molecule has 0 aromatic heterocycles. The summed E-state index contributed by atoms with van der Waals surface area (Å²) in [6.45, 7) is 7.83. The van der Waals surface area contributed by atoms with E-state index in [0.717, 1.165) is 10.6 Å². The minimum absolute atomic E-state index is 0.0402. The molecule has 1 rings (SSSR count). The van der Waals surface area contributed by atoms with Gasteiger partial charge in [0.25, 0.3) is 0 Å². The second kappa shape index (κ2) is 6.14. The molecule has 1 atom stereocenters. The highest BCUT2D eigenvalue weighted by atomic mass is 32.2. The molecule has 0 radical (unpaired) electrons. The summed E-state index contributed by atoms with van der Waals surface area (Å²) in [6.07, 6.45) is 0. The van der Waals surface area contributed by atoms with Gasteiger partial charge in [0.05, 0.1) is 17.3 Å². The number of para-hydroxylation sites is 1. The minimum Gasteiger partial charge on any atom is -0.496 e. The van der Waals surface area contributed by atoms with Crippen LogP contribution in [0.1, 0.15) is 27.7 Å². The molecule has 0 fully saturated rings. The van der Waals surface area contributed by atoms with Crippen molar-refractivity contribution in [3.05, 3.63) is 24.3 Å². The van der Waals surface area contributed by atoms with E-state index in [1.165, 1.54) is 11.8 Å². The van der Waals surface area contributed by atoms with E-state index >= 15 is 0 Å². The first-order valence-corrected chi connectivity index (χ1v) is 6.83. The van der Waals surface area contributed by atoms with Crippen LogP contribution in [0, 0.1) is 0 Å². The van der Waals surface area contributed by atoms with E-state index in [0.29, 0.717) is 0 Å². The summed E-state index contributed by atoms with van der Waals surface area (Å²) in [6, 6.07) is 7.73. The maximum absolute atomic E-state index is 12.0. The number of benzene rings is 1. The van der Waals surface area contributed by atoms with Crippen molar-refractivity contribution in [2.45, 2.75) is 43.4 Å². The van der Waals surface area contributed by atoms with Gasteiger partial charge in [-0.15, -0.1) is 11.8 Å². The van der Waals surface area contributed by atoms with Gasteiger partial charge < -0.3 is 10.1 Å². The van der Waals surface area contributed by atoms with Gasteiger partial charge in [0.2, 0.25) is 5.91 Å². The van der Waals surface area contributed by atoms with Crippen LogP contribution in [0.4, 0.5) is 0 Å². The molecule has 1 aromatic carbocycles. The number of thioether (sulfide) groups is 1. The molecule has 0 heterocycles. The van der Waals surface area contributed by atoms with Gasteiger partial charge in [0.1, 0.15) is 5.75 Å². The third-order valence-electron chi connectivity index (χ3n) is 2.24. The number of rotatable bonds is 4. The zero-order valence-electron chi connectivity index (χ0n) is 11.6. The van der Waals surface area contributed by atoms with Crippen LogP contribution >= 0.6 is 11.8 Å². The second-order valence-corrected chi connectivity index (χ2v) is 6.53. The Morgan fingerprint density at radius 1 is 1.33 bits per heavy atom.